The van der Waals surface area contributed by atoms with Crippen LogP contribution in [0.5, 0.6) is 0 Å². The summed E-state index contributed by atoms with van der Waals surface area (Å²) >= 11 is 3.28. The Kier molecular flexibility index (Phi) is 4.89. The quantitative estimate of drug-likeness (QED) is 0.286. The van der Waals surface area contributed by atoms with Gasteiger partial charge in [0.25, 0.3) is 5.91 Å². The molecule has 0 fully saturated rings. The van der Waals surface area contributed by atoms with Crippen molar-refractivity contribution in [3.8, 4) is 0 Å². The summed E-state index contributed by atoms with van der Waals surface area (Å²) in [5, 5.41) is 0.156. The molecule has 1 aliphatic rings. The third-order valence-corrected chi connectivity index (χ3v) is 5.98. The Morgan fingerprint density at radius 1 is 0.939 bits per heavy atom. The van der Waals surface area contributed by atoms with Gasteiger partial charge in [0.2, 0.25) is 5.76 Å². The average molecular weight is 518 g/mol. The van der Waals surface area contributed by atoms with Crippen molar-refractivity contribution in [2.75, 3.05) is 4.90 Å². The van der Waals surface area contributed by atoms with Crippen LogP contribution in [0.3, 0.4) is 0 Å². The van der Waals surface area contributed by atoms with Crippen LogP contribution < -0.4 is 10.3 Å². The van der Waals surface area contributed by atoms with Gasteiger partial charge >= 0.3 is 6.18 Å². The number of carbonyl (C=O) groups is 1. The molecule has 1 unspecified atom stereocenters. The molecular formula is C24H12BrF4NO3. The summed E-state index contributed by atoms with van der Waals surface area (Å²) in [6.45, 7) is 0. The van der Waals surface area contributed by atoms with Crippen molar-refractivity contribution >= 4 is 38.5 Å². The minimum atomic E-state index is -4.66. The highest BCUT2D eigenvalue weighted by molar-refractivity contribution is 9.10. The molecule has 5 rings (SSSR count). The van der Waals surface area contributed by atoms with Gasteiger partial charge in [0.05, 0.1) is 22.6 Å². The zero-order valence-corrected chi connectivity index (χ0v) is 18.1. The molecule has 1 atom stereocenters. The molecule has 0 N–H and O–H groups in total. The summed E-state index contributed by atoms with van der Waals surface area (Å²) in [6.07, 6.45) is -4.66. The van der Waals surface area contributed by atoms with Crippen LogP contribution in [0, 0.1) is 5.82 Å². The maximum Gasteiger partial charge on any atom is 0.416 e. The molecule has 1 aliphatic heterocycles. The normalized spacial score (nSPS) is 15.8. The van der Waals surface area contributed by atoms with Gasteiger partial charge < -0.3 is 4.42 Å². The number of anilines is 1. The van der Waals surface area contributed by atoms with Crippen LogP contribution >= 0.6 is 15.9 Å². The number of benzene rings is 3. The molecule has 166 valence electrons. The van der Waals surface area contributed by atoms with Crippen molar-refractivity contribution in [1.29, 1.82) is 0 Å². The average Bonchev–Trinajstić information content (AvgIpc) is 3.06. The summed E-state index contributed by atoms with van der Waals surface area (Å²) in [4.78, 5) is 27.8. The van der Waals surface area contributed by atoms with Crippen LogP contribution in [0.2, 0.25) is 0 Å². The molecule has 0 bridgehead atoms. The van der Waals surface area contributed by atoms with Crippen molar-refractivity contribution in [3.63, 3.8) is 0 Å². The maximum absolute atomic E-state index is 14.9. The van der Waals surface area contributed by atoms with Gasteiger partial charge in [-0.15, -0.1) is 0 Å². The first-order chi connectivity index (χ1) is 15.7. The summed E-state index contributed by atoms with van der Waals surface area (Å²) in [5.41, 5.74) is -1.72. The number of rotatable bonds is 2. The zero-order valence-electron chi connectivity index (χ0n) is 16.5. The molecule has 0 saturated heterocycles. The Balaban J connectivity index is 1.82. The number of hydrogen-bond donors (Lipinski definition) is 0. The molecule has 1 aromatic heterocycles. The SMILES string of the molecule is O=C1c2oc3ccc(Br)cc3c(=O)c2C(c2ccccc2F)N1c1cccc(C(F)(F)F)c1. The van der Waals surface area contributed by atoms with E-state index in [0.717, 1.165) is 29.2 Å². The molecule has 0 aliphatic carbocycles. The fourth-order valence-corrected chi connectivity index (χ4v) is 4.40. The van der Waals surface area contributed by atoms with E-state index in [1.54, 1.807) is 6.07 Å². The summed E-state index contributed by atoms with van der Waals surface area (Å²) < 4.78 is 61.3. The van der Waals surface area contributed by atoms with Gasteiger partial charge in [-0.3, -0.25) is 14.5 Å². The lowest BCUT2D eigenvalue weighted by Gasteiger charge is -2.26. The Labute approximate surface area is 192 Å². The third-order valence-electron chi connectivity index (χ3n) is 5.48. The molecule has 0 radical (unpaired) electrons. The summed E-state index contributed by atoms with van der Waals surface area (Å²) in [6, 6.07) is 12.9. The number of hydrogen-bond acceptors (Lipinski definition) is 3. The van der Waals surface area contributed by atoms with Crippen molar-refractivity contribution in [2.24, 2.45) is 0 Å². The lowest BCUT2D eigenvalue weighted by Crippen LogP contribution is -2.30. The molecule has 3 aromatic carbocycles. The molecular weight excluding hydrogens is 506 g/mol. The molecule has 4 aromatic rings. The Hall–Kier alpha value is -3.46. The molecule has 0 saturated carbocycles. The summed E-state index contributed by atoms with van der Waals surface area (Å²) in [5.74, 6) is -1.88. The van der Waals surface area contributed by atoms with Crippen LogP contribution in [0.4, 0.5) is 23.2 Å². The monoisotopic (exact) mass is 517 g/mol. The number of fused-ring (bicyclic) bond motifs is 2. The van der Waals surface area contributed by atoms with Gasteiger partial charge in [0.1, 0.15) is 11.4 Å². The highest BCUT2D eigenvalue weighted by Crippen LogP contribution is 2.43. The van der Waals surface area contributed by atoms with Crippen molar-refractivity contribution in [2.45, 2.75) is 12.2 Å². The Morgan fingerprint density at radius 2 is 1.70 bits per heavy atom. The first kappa shape index (κ1) is 21.4. The van der Waals surface area contributed by atoms with Crippen LogP contribution in [-0.2, 0) is 6.18 Å². The van der Waals surface area contributed by atoms with E-state index in [0.29, 0.717) is 4.47 Å². The number of nitrogens with zero attached hydrogens (tertiary/aromatic N) is 1. The predicted molar refractivity (Wildman–Crippen MR) is 117 cm³/mol. The van der Waals surface area contributed by atoms with Crippen molar-refractivity contribution in [3.05, 3.63) is 110 Å². The van der Waals surface area contributed by atoms with E-state index in [4.69, 9.17) is 4.42 Å². The van der Waals surface area contributed by atoms with Gasteiger partial charge in [0, 0.05) is 15.7 Å². The van der Waals surface area contributed by atoms with E-state index in [9.17, 15) is 27.2 Å². The third kappa shape index (κ3) is 3.43. The molecule has 0 spiro atoms. The van der Waals surface area contributed by atoms with Crippen molar-refractivity contribution in [1.82, 2.24) is 0 Å². The minimum absolute atomic E-state index is 0.0383. The predicted octanol–water partition coefficient (Wildman–Crippen LogP) is 6.46. The fraction of sp³-hybridized carbons (Fsp3) is 0.0833. The van der Waals surface area contributed by atoms with E-state index in [1.807, 2.05) is 0 Å². The number of halogens is 5. The van der Waals surface area contributed by atoms with E-state index in [1.165, 1.54) is 36.4 Å². The molecule has 9 heteroatoms. The van der Waals surface area contributed by atoms with Crippen LogP contribution in [0.25, 0.3) is 11.0 Å². The van der Waals surface area contributed by atoms with Crippen LogP contribution in [0.15, 0.2) is 80.4 Å². The van der Waals surface area contributed by atoms with Crippen LogP contribution in [-0.4, -0.2) is 5.91 Å². The maximum atomic E-state index is 14.9. The van der Waals surface area contributed by atoms with E-state index in [-0.39, 0.29) is 33.5 Å². The molecule has 2 heterocycles. The van der Waals surface area contributed by atoms with Gasteiger partial charge in [-0.2, -0.15) is 13.2 Å². The smallest absolute Gasteiger partial charge is 0.416 e. The highest BCUT2D eigenvalue weighted by atomic mass is 79.9. The first-order valence-corrected chi connectivity index (χ1v) is 10.5. The number of carbonyl (C=O) groups excluding carboxylic acids is 1. The zero-order chi connectivity index (χ0) is 23.5. The minimum Gasteiger partial charge on any atom is -0.450 e. The van der Waals surface area contributed by atoms with Crippen molar-refractivity contribution < 1.29 is 26.8 Å². The van der Waals surface area contributed by atoms with Gasteiger partial charge in [-0.1, -0.05) is 40.2 Å². The number of amides is 1. The number of alkyl halides is 3. The highest BCUT2D eigenvalue weighted by Gasteiger charge is 2.45. The van der Waals surface area contributed by atoms with E-state index in [2.05, 4.69) is 15.9 Å². The lowest BCUT2D eigenvalue weighted by atomic mass is 9.97. The first-order valence-electron chi connectivity index (χ1n) is 9.68. The van der Waals surface area contributed by atoms with Gasteiger partial charge in [-0.05, 0) is 42.5 Å². The Morgan fingerprint density at radius 3 is 2.42 bits per heavy atom. The topological polar surface area (TPSA) is 50.5 Å². The second kappa shape index (κ2) is 7.55. The van der Waals surface area contributed by atoms with Gasteiger partial charge in [-0.25, -0.2) is 4.39 Å². The summed E-state index contributed by atoms with van der Waals surface area (Å²) in [7, 11) is 0. The molecule has 1 amide bonds. The Bertz CT molecular complexity index is 1500. The molecule has 4 nitrogen and oxygen atoms in total. The molecule has 33 heavy (non-hydrogen) atoms. The van der Waals surface area contributed by atoms with E-state index >= 15 is 0 Å². The van der Waals surface area contributed by atoms with Gasteiger partial charge in [0.15, 0.2) is 5.43 Å². The second-order valence-corrected chi connectivity index (χ2v) is 8.38. The standard InChI is InChI=1S/C24H12BrF4NO3/c25-13-8-9-18-16(11-13)21(31)19-20(15-6-1-2-7-17(15)26)30(23(32)22(19)33-18)14-5-3-4-12(10-14)24(27,28)29/h1-11,20H. The lowest BCUT2D eigenvalue weighted by molar-refractivity contribution is -0.137. The largest absolute Gasteiger partial charge is 0.450 e. The fourth-order valence-electron chi connectivity index (χ4n) is 4.03. The van der Waals surface area contributed by atoms with E-state index < -0.39 is 34.9 Å². The van der Waals surface area contributed by atoms with Crippen LogP contribution in [0.1, 0.15) is 33.3 Å². The second-order valence-electron chi connectivity index (χ2n) is 7.46.